The lowest BCUT2D eigenvalue weighted by molar-refractivity contribution is -0.122. The minimum absolute atomic E-state index is 0.252. The average molecular weight is 271 g/mol. The molecule has 4 N–H and O–H groups in total. The highest BCUT2D eigenvalue weighted by atomic mass is 16.2. The van der Waals surface area contributed by atoms with Crippen molar-refractivity contribution in [1.29, 1.82) is 0 Å². The lowest BCUT2D eigenvalue weighted by Crippen LogP contribution is -2.43. The predicted molar refractivity (Wildman–Crippen MR) is 79.4 cm³/mol. The van der Waals surface area contributed by atoms with Gasteiger partial charge in [0, 0.05) is 12.7 Å². The number of amides is 2. The summed E-state index contributed by atoms with van der Waals surface area (Å²) in [6.45, 7) is 1.62. The van der Waals surface area contributed by atoms with Gasteiger partial charge in [-0.05, 0) is 29.8 Å². The molecule has 5 nitrogen and oxygen atoms in total. The number of nitrogens with two attached hydrogens (primary N) is 1. The number of fused-ring (bicyclic) bond motifs is 1. The third-order valence-electron chi connectivity index (χ3n) is 3.15. The molecule has 0 saturated heterocycles. The number of carbonyl (C=O) groups excluding carboxylic acids is 2. The Morgan fingerprint density at radius 3 is 2.35 bits per heavy atom. The first kappa shape index (κ1) is 13.9. The summed E-state index contributed by atoms with van der Waals surface area (Å²) in [5.41, 5.74) is 6.68. The third kappa shape index (κ3) is 2.71. The van der Waals surface area contributed by atoms with Crippen molar-refractivity contribution in [1.82, 2.24) is 10.6 Å². The largest absolute Gasteiger partial charge is 0.398 e. The number of nitrogens with one attached hydrogen (secondary N) is 2. The zero-order valence-electron chi connectivity index (χ0n) is 11.4. The summed E-state index contributed by atoms with van der Waals surface area (Å²) < 4.78 is 0. The van der Waals surface area contributed by atoms with Crippen LogP contribution >= 0.6 is 0 Å². The Bertz CT molecular complexity index is 667. The van der Waals surface area contributed by atoms with Crippen LogP contribution < -0.4 is 16.4 Å². The molecule has 1 unspecified atom stereocenters. The van der Waals surface area contributed by atoms with E-state index in [1.807, 2.05) is 24.3 Å². The van der Waals surface area contributed by atoms with Gasteiger partial charge >= 0.3 is 0 Å². The molecule has 0 spiro atoms. The maximum absolute atomic E-state index is 12.2. The maximum atomic E-state index is 12.2. The van der Waals surface area contributed by atoms with E-state index in [2.05, 4.69) is 10.6 Å². The second-order valence-electron chi connectivity index (χ2n) is 4.60. The Kier molecular flexibility index (Phi) is 3.89. The van der Waals surface area contributed by atoms with E-state index in [4.69, 9.17) is 5.73 Å². The molecule has 0 aliphatic carbocycles. The van der Waals surface area contributed by atoms with Gasteiger partial charge in [-0.2, -0.15) is 0 Å². The van der Waals surface area contributed by atoms with Gasteiger partial charge in [0.2, 0.25) is 5.91 Å². The molecule has 1 atom stereocenters. The maximum Gasteiger partial charge on any atom is 0.254 e. The molecule has 2 aromatic rings. The molecule has 0 heterocycles. The van der Waals surface area contributed by atoms with Gasteiger partial charge in [0.1, 0.15) is 6.04 Å². The van der Waals surface area contributed by atoms with E-state index in [0.29, 0.717) is 11.3 Å². The minimum Gasteiger partial charge on any atom is -0.398 e. The quantitative estimate of drug-likeness (QED) is 0.735. The molecular weight excluding hydrogens is 254 g/mol. The van der Waals surface area contributed by atoms with Crippen molar-refractivity contribution in [3.8, 4) is 0 Å². The minimum atomic E-state index is -0.613. The number of hydrogen-bond acceptors (Lipinski definition) is 3. The van der Waals surface area contributed by atoms with Crippen LogP contribution in [0, 0.1) is 0 Å². The van der Waals surface area contributed by atoms with Crippen LogP contribution in [0.25, 0.3) is 10.8 Å². The van der Waals surface area contributed by atoms with Crippen LogP contribution in [-0.4, -0.2) is 24.9 Å². The predicted octanol–water partition coefficient (Wildman–Crippen LogP) is 1.29. The van der Waals surface area contributed by atoms with E-state index in [9.17, 15) is 9.59 Å². The molecule has 0 fully saturated rings. The Morgan fingerprint density at radius 1 is 1.15 bits per heavy atom. The van der Waals surface area contributed by atoms with Crippen LogP contribution in [-0.2, 0) is 4.79 Å². The fourth-order valence-corrected chi connectivity index (χ4v) is 2.01. The van der Waals surface area contributed by atoms with Crippen LogP contribution in [0.4, 0.5) is 5.69 Å². The molecule has 104 valence electrons. The van der Waals surface area contributed by atoms with Crippen LogP contribution in [0.2, 0.25) is 0 Å². The Hall–Kier alpha value is -2.56. The fourth-order valence-electron chi connectivity index (χ4n) is 2.01. The molecule has 2 amide bonds. The molecular formula is C15H17N3O2. The lowest BCUT2D eigenvalue weighted by atomic mass is 10.0. The third-order valence-corrected chi connectivity index (χ3v) is 3.15. The number of hydrogen-bond donors (Lipinski definition) is 3. The fraction of sp³-hybridized carbons (Fsp3) is 0.200. The van der Waals surface area contributed by atoms with Crippen molar-refractivity contribution >= 4 is 28.3 Å². The number of rotatable bonds is 3. The first-order valence-corrected chi connectivity index (χ1v) is 6.33. The number of anilines is 1. The number of carbonyl (C=O) groups is 2. The van der Waals surface area contributed by atoms with Crippen LogP contribution in [0.15, 0.2) is 36.4 Å². The van der Waals surface area contributed by atoms with Gasteiger partial charge in [0.25, 0.3) is 5.91 Å². The van der Waals surface area contributed by atoms with Crippen molar-refractivity contribution in [2.24, 2.45) is 0 Å². The summed E-state index contributed by atoms with van der Waals surface area (Å²) in [5.74, 6) is -0.609. The second kappa shape index (κ2) is 5.61. The van der Waals surface area contributed by atoms with Crippen LogP contribution in [0.5, 0.6) is 0 Å². The van der Waals surface area contributed by atoms with Gasteiger partial charge in [-0.3, -0.25) is 9.59 Å². The van der Waals surface area contributed by atoms with Crippen molar-refractivity contribution in [2.45, 2.75) is 13.0 Å². The van der Waals surface area contributed by atoms with E-state index in [1.165, 1.54) is 7.05 Å². The average Bonchev–Trinajstić information content (AvgIpc) is 2.45. The number of nitrogen functional groups attached to an aromatic ring is 1. The summed E-state index contributed by atoms with van der Waals surface area (Å²) in [6, 6.07) is 10.5. The summed E-state index contributed by atoms with van der Waals surface area (Å²) in [4.78, 5) is 23.6. The summed E-state index contributed by atoms with van der Waals surface area (Å²) in [5, 5.41) is 7.01. The van der Waals surface area contributed by atoms with Crippen molar-refractivity contribution < 1.29 is 9.59 Å². The van der Waals surface area contributed by atoms with E-state index < -0.39 is 6.04 Å². The van der Waals surface area contributed by atoms with E-state index in [1.54, 1.807) is 19.1 Å². The van der Waals surface area contributed by atoms with E-state index in [-0.39, 0.29) is 11.8 Å². The van der Waals surface area contributed by atoms with Crippen LogP contribution in [0.1, 0.15) is 17.3 Å². The molecule has 0 saturated carbocycles. The molecule has 0 aliphatic heterocycles. The monoisotopic (exact) mass is 271 g/mol. The standard InChI is InChI=1S/C15H17N3O2/c1-9(14(19)17-2)18-15(20)12-7-10-5-3-4-6-11(10)8-13(12)16/h3-9H,16H2,1-2H3,(H,17,19)(H,18,20). The summed E-state index contributed by atoms with van der Waals surface area (Å²) >= 11 is 0. The molecule has 5 heteroatoms. The zero-order chi connectivity index (χ0) is 14.7. The van der Waals surface area contributed by atoms with Crippen LogP contribution in [0.3, 0.4) is 0 Å². The van der Waals surface area contributed by atoms with Crippen molar-refractivity contribution in [3.05, 3.63) is 42.0 Å². The van der Waals surface area contributed by atoms with Gasteiger partial charge < -0.3 is 16.4 Å². The highest BCUT2D eigenvalue weighted by Crippen LogP contribution is 2.21. The second-order valence-corrected chi connectivity index (χ2v) is 4.60. The summed E-state index contributed by atoms with van der Waals surface area (Å²) in [6.07, 6.45) is 0. The molecule has 2 rings (SSSR count). The number of benzene rings is 2. The topological polar surface area (TPSA) is 84.2 Å². The van der Waals surface area contributed by atoms with Gasteiger partial charge in [-0.15, -0.1) is 0 Å². The summed E-state index contributed by atoms with van der Waals surface area (Å²) in [7, 11) is 1.52. The van der Waals surface area contributed by atoms with E-state index in [0.717, 1.165) is 10.8 Å². The van der Waals surface area contributed by atoms with Gasteiger partial charge in [-0.25, -0.2) is 0 Å². The van der Waals surface area contributed by atoms with Crippen molar-refractivity contribution in [3.63, 3.8) is 0 Å². The molecule has 0 bridgehead atoms. The highest BCUT2D eigenvalue weighted by molar-refractivity contribution is 6.05. The first-order valence-electron chi connectivity index (χ1n) is 6.33. The molecule has 0 aromatic heterocycles. The molecule has 2 aromatic carbocycles. The van der Waals surface area contributed by atoms with Gasteiger partial charge in [0.15, 0.2) is 0 Å². The lowest BCUT2D eigenvalue weighted by Gasteiger charge is -2.14. The van der Waals surface area contributed by atoms with Crippen molar-refractivity contribution in [2.75, 3.05) is 12.8 Å². The normalized spacial score (nSPS) is 11.9. The number of likely N-dealkylation sites (N-methyl/N-ethyl adjacent to an activating group) is 1. The Balaban J connectivity index is 2.30. The Labute approximate surface area is 117 Å². The molecule has 0 radical (unpaired) electrons. The molecule has 0 aliphatic rings. The van der Waals surface area contributed by atoms with Gasteiger partial charge in [-0.1, -0.05) is 24.3 Å². The molecule has 20 heavy (non-hydrogen) atoms. The Morgan fingerprint density at radius 2 is 1.75 bits per heavy atom. The van der Waals surface area contributed by atoms with E-state index >= 15 is 0 Å². The first-order chi connectivity index (χ1) is 9.52. The SMILES string of the molecule is CNC(=O)C(C)NC(=O)c1cc2ccccc2cc1N. The highest BCUT2D eigenvalue weighted by Gasteiger charge is 2.17. The smallest absolute Gasteiger partial charge is 0.254 e. The van der Waals surface area contributed by atoms with Gasteiger partial charge in [0.05, 0.1) is 5.56 Å². The zero-order valence-corrected chi connectivity index (χ0v) is 11.4.